The third-order valence-corrected chi connectivity index (χ3v) is 3.53. The SMILES string of the molecule is O=C(Cn1nc2ccccn2c1=O)Nc1ccc(Cl)cc1Cl. The van der Waals surface area contributed by atoms with Crippen LogP contribution in [0.25, 0.3) is 5.65 Å². The standard InChI is InChI=1S/C14H10Cl2N4O2/c15-9-4-5-11(10(16)7-9)17-13(21)8-20-14(22)19-6-2-1-3-12(19)18-20/h1-7H,8H2,(H,17,21). The lowest BCUT2D eigenvalue weighted by Crippen LogP contribution is -2.28. The maximum Gasteiger partial charge on any atom is 0.350 e. The summed E-state index contributed by atoms with van der Waals surface area (Å²) < 4.78 is 2.46. The number of fused-ring (bicyclic) bond motifs is 1. The number of hydrogen-bond acceptors (Lipinski definition) is 3. The number of aromatic nitrogens is 3. The summed E-state index contributed by atoms with van der Waals surface area (Å²) in [6.45, 7) is -0.209. The lowest BCUT2D eigenvalue weighted by Gasteiger charge is -2.06. The molecule has 0 atom stereocenters. The fraction of sp³-hybridized carbons (Fsp3) is 0.0714. The summed E-state index contributed by atoms with van der Waals surface area (Å²) in [7, 11) is 0. The molecule has 1 aromatic carbocycles. The van der Waals surface area contributed by atoms with Crippen LogP contribution in [0.15, 0.2) is 47.4 Å². The van der Waals surface area contributed by atoms with E-state index >= 15 is 0 Å². The highest BCUT2D eigenvalue weighted by Crippen LogP contribution is 2.25. The second-order valence-corrected chi connectivity index (χ2v) is 5.39. The molecule has 3 rings (SSSR count). The predicted octanol–water partition coefficient (Wildman–Crippen LogP) is 2.44. The Kier molecular flexibility index (Phi) is 3.87. The predicted molar refractivity (Wildman–Crippen MR) is 84.5 cm³/mol. The number of anilines is 1. The fourth-order valence-corrected chi connectivity index (χ4v) is 2.44. The van der Waals surface area contributed by atoms with Crippen molar-refractivity contribution in [2.45, 2.75) is 6.54 Å². The number of benzene rings is 1. The molecule has 2 heterocycles. The van der Waals surface area contributed by atoms with Crippen LogP contribution in [0.4, 0.5) is 5.69 Å². The molecule has 0 fully saturated rings. The summed E-state index contributed by atoms with van der Waals surface area (Å²) >= 11 is 11.8. The van der Waals surface area contributed by atoms with E-state index in [1.54, 1.807) is 36.5 Å². The van der Waals surface area contributed by atoms with E-state index in [9.17, 15) is 9.59 Å². The van der Waals surface area contributed by atoms with Crippen molar-refractivity contribution in [1.82, 2.24) is 14.2 Å². The quantitative estimate of drug-likeness (QED) is 0.798. The third-order valence-electron chi connectivity index (χ3n) is 2.99. The summed E-state index contributed by atoms with van der Waals surface area (Å²) in [5, 5.41) is 7.50. The van der Waals surface area contributed by atoms with Gasteiger partial charge >= 0.3 is 5.69 Å². The van der Waals surface area contributed by atoms with Gasteiger partial charge in [-0.3, -0.25) is 9.20 Å². The van der Waals surface area contributed by atoms with Crippen molar-refractivity contribution in [2.24, 2.45) is 0 Å². The number of hydrogen-bond donors (Lipinski definition) is 1. The van der Waals surface area contributed by atoms with Gasteiger partial charge in [0.25, 0.3) is 0 Å². The van der Waals surface area contributed by atoms with Crippen LogP contribution in [0.3, 0.4) is 0 Å². The topological polar surface area (TPSA) is 68.4 Å². The zero-order chi connectivity index (χ0) is 15.7. The van der Waals surface area contributed by atoms with E-state index in [-0.39, 0.29) is 12.2 Å². The zero-order valence-electron chi connectivity index (χ0n) is 11.2. The Hall–Kier alpha value is -2.31. The van der Waals surface area contributed by atoms with E-state index in [0.29, 0.717) is 21.4 Å². The molecule has 0 spiro atoms. The molecule has 2 aromatic heterocycles. The molecule has 112 valence electrons. The molecule has 1 N–H and O–H groups in total. The van der Waals surface area contributed by atoms with Gasteiger partial charge < -0.3 is 5.32 Å². The first kappa shape index (κ1) is 14.6. The largest absolute Gasteiger partial charge is 0.350 e. The van der Waals surface area contributed by atoms with Gasteiger partial charge in [0.2, 0.25) is 5.91 Å². The van der Waals surface area contributed by atoms with Crippen LogP contribution >= 0.6 is 23.2 Å². The number of pyridine rings is 1. The lowest BCUT2D eigenvalue weighted by molar-refractivity contribution is -0.117. The van der Waals surface area contributed by atoms with Crippen LogP contribution in [0.1, 0.15) is 0 Å². The van der Waals surface area contributed by atoms with E-state index in [1.165, 1.54) is 10.5 Å². The highest BCUT2D eigenvalue weighted by molar-refractivity contribution is 6.36. The maximum atomic E-state index is 12.1. The minimum absolute atomic E-state index is 0.209. The molecule has 0 radical (unpaired) electrons. The molecule has 0 aliphatic rings. The average molecular weight is 337 g/mol. The van der Waals surface area contributed by atoms with E-state index in [0.717, 1.165) is 4.68 Å². The zero-order valence-corrected chi connectivity index (χ0v) is 12.7. The van der Waals surface area contributed by atoms with E-state index < -0.39 is 5.91 Å². The van der Waals surface area contributed by atoms with Gasteiger partial charge in [0.15, 0.2) is 5.65 Å². The van der Waals surface area contributed by atoms with Gasteiger partial charge in [-0.1, -0.05) is 29.3 Å². The van der Waals surface area contributed by atoms with E-state index in [1.807, 2.05) is 0 Å². The first-order valence-corrected chi connectivity index (χ1v) is 7.09. The molecule has 0 aliphatic heterocycles. The minimum Gasteiger partial charge on any atom is -0.323 e. The van der Waals surface area contributed by atoms with Crippen molar-refractivity contribution in [2.75, 3.05) is 5.32 Å². The Labute approximate surface area is 134 Å². The number of carbonyl (C=O) groups is 1. The minimum atomic E-state index is -0.408. The molecule has 1 amide bonds. The van der Waals surface area contributed by atoms with Crippen molar-refractivity contribution in [3.8, 4) is 0 Å². The molecule has 8 heteroatoms. The molecular formula is C14H10Cl2N4O2. The van der Waals surface area contributed by atoms with Gasteiger partial charge in [0.05, 0.1) is 10.7 Å². The summed E-state index contributed by atoms with van der Waals surface area (Å²) in [6, 6.07) is 9.89. The molecular weight excluding hydrogens is 327 g/mol. The Bertz CT molecular complexity index is 917. The smallest absolute Gasteiger partial charge is 0.323 e. The second-order valence-electron chi connectivity index (χ2n) is 4.54. The Balaban J connectivity index is 1.81. The Morgan fingerprint density at radius 3 is 2.77 bits per heavy atom. The van der Waals surface area contributed by atoms with Crippen LogP contribution in [0.2, 0.25) is 10.0 Å². The summed E-state index contributed by atoms with van der Waals surface area (Å²) in [4.78, 5) is 24.1. The fourth-order valence-electron chi connectivity index (χ4n) is 1.99. The van der Waals surface area contributed by atoms with Crippen LogP contribution in [0, 0.1) is 0 Å². The van der Waals surface area contributed by atoms with E-state index in [4.69, 9.17) is 23.2 Å². The van der Waals surface area contributed by atoms with Crippen LogP contribution in [-0.4, -0.2) is 20.1 Å². The molecule has 0 bridgehead atoms. The van der Waals surface area contributed by atoms with Crippen LogP contribution in [0.5, 0.6) is 0 Å². The van der Waals surface area contributed by atoms with E-state index in [2.05, 4.69) is 10.4 Å². The van der Waals surface area contributed by atoms with Crippen molar-refractivity contribution < 1.29 is 4.79 Å². The average Bonchev–Trinajstić information content (AvgIpc) is 2.79. The van der Waals surface area contributed by atoms with Gasteiger partial charge in [-0.2, -0.15) is 0 Å². The molecule has 0 saturated carbocycles. The van der Waals surface area contributed by atoms with Crippen molar-refractivity contribution in [1.29, 1.82) is 0 Å². The number of amides is 1. The molecule has 22 heavy (non-hydrogen) atoms. The Morgan fingerprint density at radius 1 is 1.23 bits per heavy atom. The normalized spacial score (nSPS) is 10.8. The monoisotopic (exact) mass is 336 g/mol. The molecule has 0 saturated heterocycles. The summed E-state index contributed by atoms with van der Waals surface area (Å²) in [5.74, 6) is -0.408. The lowest BCUT2D eigenvalue weighted by atomic mass is 10.3. The highest BCUT2D eigenvalue weighted by Gasteiger charge is 2.11. The van der Waals surface area contributed by atoms with Gasteiger partial charge in [0, 0.05) is 11.2 Å². The van der Waals surface area contributed by atoms with Gasteiger partial charge in [0.1, 0.15) is 6.54 Å². The molecule has 0 aliphatic carbocycles. The second kappa shape index (κ2) is 5.82. The van der Waals surface area contributed by atoms with Crippen molar-refractivity contribution in [3.63, 3.8) is 0 Å². The summed E-state index contributed by atoms with van der Waals surface area (Å²) in [6.07, 6.45) is 1.59. The number of carbonyl (C=O) groups excluding carboxylic acids is 1. The van der Waals surface area contributed by atoms with Gasteiger partial charge in [-0.25, -0.2) is 9.48 Å². The van der Waals surface area contributed by atoms with Crippen molar-refractivity contribution >= 4 is 40.4 Å². The first-order valence-electron chi connectivity index (χ1n) is 6.34. The molecule has 6 nitrogen and oxygen atoms in total. The van der Waals surface area contributed by atoms with Gasteiger partial charge in [-0.05, 0) is 30.3 Å². The summed E-state index contributed by atoms with van der Waals surface area (Å²) in [5.41, 5.74) is 0.519. The molecule has 3 aromatic rings. The Morgan fingerprint density at radius 2 is 2.05 bits per heavy atom. The third kappa shape index (κ3) is 2.84. The maximum absolute atomic E-state index is 12.1. The number of halogens is 2. The number of rotatable bonds is 3. The molecule has 0 unspecified atom stereocenters. The highest BCUT2D eigenvalue weighted by atomic mass is 35.5. The number of nitrogens with one attached hydrogen (secondary N) is 1. The van der Waals surface area contributed by atoms with Crippen LogP contribution < -0.4 is 11.0 Å². The number of nitrogens with zero attached hydrogens (tertiary/aromatic N) is 3. The van der Waals surface area contributed by atoms with Crippen molar-refractivity contribution in [3.05, 3.63) is 63.1 Å². The van der Waals surface area contributed by atoms with Gasteiger partial charge in [-0.15, -0.1) is 5.10 Å². The first-order chi connectivity index (χ1) is 10.5. The van der Waals surface area contributed by atoms with Crippen LogP contribution in [-0.2, 0) is 11.3 Å².